The summed E-state index contributed by atoms with van der Waals surface area (Å²) >= 11 is 0. The van der Waals surface area contributed by atoms with Gasteiger partial charge in [-0.3, -0.25) is 4.90 Å². The minimum atomic E-state index is 0.786. The molecular weight excluding hydrogens is 228 g/mol. The first-order valence-corrected chi connectivity index (χ1v) is 7.09. The maximum atomic E-state index is 5.33. The van der Waals surface area contributed by atoms with Crippen LogP contribution in [-0.4, -0.2) is 41.2 Å². The second-order valence-electron chi connectivity index (χ2n) is 5.58. The summed E-state index contributed by atoms with van der Waals surface area (Å²) in [5, 5.41) is 7.50. The second kappa shape index (κ2) is 5.36. The van der Waals surface area contributed by atoms with Gasteiger partial charge in [0.1, 0.15) is 0 Å². The molecular formula is C13H22N4O. The number of hydrogen-bond donors (Lipinski definition) is 1. The standard InChI is InChI=1S/C13H22N4O/c1-2-3-4-12-15-13(18-16-12)9-17-7-10-5-14-6-11(10)8-17/h10-11,14H,2-9H2,1H3/t10-,11+. The van der Waals surface area contributed by atoms with Gasteiger partial charge < -0.3 is 9.84 Å². The van der Waals surface area contributed by atoms with Gasteiger partial charge in [0.15, 0.2) is 5.82 Å². The van der Waals surface area contributed by atoms with Gasteiger partial charge in [0.2, 0.25) is 5.89 Å². The van der Waals surface area contributed by atoms with Crippen LogP contribution in [0.25, 0.3) is 0 Å². The van der Waals surface area contributed by atoms with E-state index in [0.29, 0.717) is 0 Å². The summed E-state index contributed by atoms with van der Waals surface area (Å²) in [7, 11) is 0. The maximum absolute atomic E-state index is 5.33. The molecule has 0 unspecified atom stereocenters. The number of aromatic nitrogens is 2. The molecule has 3 rings (SSSR count). The van der Waals surface area contributed by atoms with Crippen LogP contribution < -0.4 is 5.32 Å². The van der Waals surface area contributed by atoms with E-state index in [1.165, 1.54) is 32.6 Å². The molecule has 0 radical (unpaired) electrons. The lowest BCUT2D eigenvalue weighted by Crippen LogP contribution is -2.25. The van der Waals surface area contributed by atoms with Crippen molar-refractivity contribution in [1.29, 1.82) is 0 Å². The second-order valence-corrected chi connectivity index (χ2v) is 5.58. The molecule has 0 bridgehead atoms. The van der Waals surface area contributed by atoms with Crippen LogP contribution in [0.2, 0.25) is 0 Å². The summed E-state index contributed by atoms with van der Waals surface area (Å²) < 4.78 is 5.33. The molecule has 2 aliphatic rings. The number of nitrogens with one attached hydrogen (secondary N) is 1. The van der Waals surface area contributed by atoms with Crippen LogP contribution in [0.4, 0.5) is 0 Å². The molecule has 2 aliphatic heterocycles. The lowest BCUT2D eigenvalue weighted by atomic mass is 10.0. The predicted molar refractivity (Wildman–Crippen MR) is 68.0 cm³/mol. The van der Waals surface area contributed by atoms with E-state index in [2.05, 4.69) is 27.3 Å². The molecule has 5 nitrogen and oxygen atoms in total. The lowest BCUT2D eigenvalue weighted by Gasteiger charge is -2.13. The Balaban J connectivity index is 1.52. The molecule has 2 atom stereocenters. The Hall–Kier alpha value is -0.940. The molecule has 0 aliphatic carbocycles. The van der Waals surface area contributed by atoms with Crippen molar-refractivity contribution >= 4 is 0 Å². The number of rotatable bonds is 5. The molecule has 1 aromatic rings. The predicted octanol–water partition coefficient (Wildman–Crippen LogP) is 1.06. The van der Waals surface area contributed by atoms with Gasteiger partial charge in [-0.15, -0.1) is 0 Å². The Morgan fingerprint density at radius 2 is 2.11 bits per heavy atom. The van der Waals surface area contributed by atoms with Gasteiger partial charge in [0.05, 0.1) is 6.54 Å². The van der Waals surface area contributed by atoms with E-state index in [4.69, 9.17) is 4.52 Å². The van der Waals surface area contributed by atoms with Crippen molar-refractivity contribution in [2.45, 2.75) is 32.7 Å². The van der Waals surface area contributed by atoms with E-state index < -0.39 is 0 Å². The molecule has 0 amide bonds. The van der Waals surface area contributed by atoms with E-state index in [1.807, 2.05) is 0 Å². The maximum Gasteiger partial charge on any atom is 0.240 e. The molecule has 2 saturated heterocycles. The molecule has 0 aromatic carbocycles. The van der Waals surface area contributed by atoms with Gasteiger partial charge in [-0.05, 0) is 31.3 Å². The molecule has 3 heterocycles. The van der Waals surface area contributed by atoms with Crippen LogP contribution >= 0.6 is 0 Å². The summed E-state index contributed by atoms with van der Waals surface area (Å²) in [4.78, 5) is 6.92. The number of hydrogen-bond acceptors (Lipinski definition) is 5. The van der Waals surface area contributed by atoms with Gasteiger partial charge in [-0.2, -0.15) is 4.98 Å². The summed E-state index contributed by atoms with van der Waals surface area (Å²) in [5.74, 6) is 3.31. The Bertz CT molecular complexity index is 380. The van der Waals surface area contributed by atoms with Crippen molar-refractivity contribution in [3.63, 3.8) is 0 Å². The van der Waals surface area contributed by atoms with Crippen LogP contribution in [-0.2, 0) is 13.0 Å². The van der Waals surface area contributed by atoms with Crippen molar-refractivity contribution in [3.05, 3.63) is 11.7 Å². The summed E-state index contributed by atoms with van der Waals surface area (Å²) in [6, 6.07) is 0. The average molecular weight is 250 g/mol. The zero-order valence-electron chi connectivity index (χ0n) is 11.1. The topological polar surface area (TPSA) is 54.2 Å². The van der Waals surface area contributed by atoms with E-state index in [9.17, 15) is 0 Å². The Kier molecular flexibility index (Phi) is 3.61. The first-order chi connectivity index (χ1) is 8.85. The first kappa shape index (κ1) is 12.1. The van der Waals surface area contributed by atoms with Crippen molar-refractivity contribution in [2.75, 3.05) is 26.2 Å². The smallest absolute Gasteiger partial charge is 0.240 e. The third kappa shape index (κ3) is 2.57. The average Bonchev–Trinajstić information content (AvgIpc) is 3.02. The SMILES string of the molecule is CCCCc1noc(CN2C[C@H]3CNC[C@H]3C2)n1. The normalized spacial score (nSPS) is 27.8. The van der Waals surface area contributed by atoms with Crippen molar-refractivity contribution in [2.24, 2.45) is 11.8 Å². The number of nitrogens with zero attached hydrogens (tertiary/aromatic N) is 3. The Morgan fingerprint density at radius 3 is 2.83 bits per heavy atom. The van der Waals surface area contributed by atoms with Gasteiger partial charge in [-0.25, -0.2) is 0 Å². The van der Waals surface area contributed by atoms with E-state index in [0.717, 1.165) is 42.9 Å². The highest BCUT2D eigenvalue weighted by Gasteiger charge is 2.36. The summed E-state index contributed by atoms with van der Waals surface area (Å²) in [5.41, 5.74) is 0. The van der Waals surface area contributed by atoms with Crippen LogP contribution in [0.15, 0.2) is 4.52 Å². The van der Waals surface area contributed by atoms with Crippen LogP contribution in [0, 0.1) is 11.8 Å². The molecule has 18 heavy (non-hydrogen) atoms. The van der Waals surface area contributed by atoms with E-state index >= 15 is 0 Å². The fourth-order valence-corrected chi connectivity index (χ4v) is 3.06. The van der Waals surface area contributed by atoms with Gasteiger partial charge >= 0.3 is 0 Å². The minimum absolute atomic E-state index is 0.786. The molecule has 2 fully saturated rings. The Morgan fingerprint density at radius 1 is 1.33 bits per heavy atom. The molecule has 5 heteroatoms. The first-order valence-electron chi connectivity index (χ1n) is 7.09. The third-order valence-corrected chi connectivity index (χ3v) is 4.09. The van der Waals surface area contributed by atoms with Crippen LogP contribution in [0.3, 0.4) is 0 Å². The molecule has 1 N–H and O–H groups in total. The molecule has 100 valence electrons. The number of fused-ring (bicyclic) bond motifs is 1. The number of unbranched alkanes of at least 4 members (excludes halogenated alkanes) is 1. The number of aryl methyl sites for hydroxylation is 1. The largest absolute Gasteiger partial charge is 0.338 e. The van der Waals surface area contributed by atoms with Gasteiger partial charge in [0.25, 0.3) is 0 Å². The summed E-state index contributed by atoms with van der Waals surface area (Å²) in [6.07, 6.45) is 3.25. The minimum Gasteiger partial charge on any atom is -0.338 e. The monoisotopic (exact) mass is 250 g/mol. The molecule has 1 aromatic heterocycles. The fourth-order valence-electron chi connectivity index (χ4n) is 3.06. The Labute approximate surface area is 108 Å². The lowest BCUT2D eigenvalue weighted by molar-refractivity contribution is 0.253. The van der Waals surface area contributed by atoms with Crippen molar-refractivity contribution in [1.82, 2.24) is 20.4 Å². The van der Waals surface area contributed by atoms with Crippen molar-refractivity contribution in [3.8, 4) is 0 Å². The third-order valence-electron chi connectivity index (χ3n) is 4.09. The zero-order chi connectivity index (χ0) is 12.4. The number of likely N-dealkylation sites (tertiary alicyclic amines) is 1. The molecule has 0 saturated carbocycles. The fraction of sp³-hybridized carbons (Fsp3) is 0.846. The molecule has 0 spiro atoms. The van der Waals surface area contributed by atoms with Crippen LogP contribution in [0.1, 0.15) is 31.5 Å². The summed E-state index contributed by atoms with van der Waals surface area (Å²) in [6.45, 7) is 7.69. The highest BCUT2D eigenvalue weighted by Crippen LogP contribution is 2.27. The van der Waals surface area contributed by atoms with E-state index in [1.54, 1.807) is 0 Å². The van der Waals surface area contributed by atoms with E-state index in [-0.39, 0.29) is 0 Å². The highest BCUT2D eigenvalue weighted by atomic mass is 16.5. The quantitative estimate of drug-likeness (QED) is 0.847. The van der Waals surface area contributed by atoms with Gasteiger partial charge in [0, 0.05) is 19.5 Å². The zero-order valence-corrected chi connectivity index (χ0v) is 11.1. The van der Waals surface area contributed by atoms with Crippen LogP contribution in [0.5, 0.6) is 0 Å². The van der Waals surface area contributed by atoms with Crippen molar-refractivity contribution < 1.29 is 4.52 Å². The van der Waals surface area contributed by atoms with Gasteiger partial charge in [-0.1, -0.05) is 18.5 Å². The highest BCUT2D eigenvalue weighted by molar-refractivity contribution is 4.93.